The number of H-pyrrole nitrogens is 1. The van der Waals surface area contributed by atoms with E-state index in [4.69, 9.17) is 9.72 Å². The number of aromatic amines is 1. The van der Waals surface area contributed by atoms with Crippen molar-refractivity contribution in [1.29, 1.82) is 0 Å². The molecule has 0 aliphatic carbocycles. The zero-order valence-corrected chi connectivity index (χ0v) is 20.1. The first-order valence-electron chi connectivity index (χ1n) is 11.1. The molecular weight excluding hydrogens is 452 g/mol. The first kappa shape index (κ1) is 22.2. The molecular formula is C23H26N8O2S. The predicted octanol–water partition coefficient (Wildman–Crippen LogP) is 3.21. The van der Waals surface area contributed by atoms with Crippen LogP contribution in [-0.2, 0) is 9.53 Å². The highest BCUT2D eigenvalue weighted by molar-refractivity contribution is 7.21. The van der Waals surface area contributed by atoms with Gasteiger partial charge in [0.05, 0.1) is 11.9 Å². The van der Waals surface area contributed by atoms with Crippen LogP contribution >= 0.6 is 11.3 Å². The van der Waals surface area contributed by atoms with E-state index < -0.39 is 0 Å². The minimum atomic E-state index is 0.0299. The lowest BCUT2D eigenvalue weighted by atomic mass is 10.1. The van der Waals surface area contributed by atoms with Gasteiger partial charge in [-0.05, 0) is 32.0 Å². The summed E-state index contributed by atoms with van der Waals surface area (Å²) in [6.07, 6.45) is 3.57. The fraction of sp³-hybridized carbons (Fsp3) is 0.348. The third-order valence-corrected chi connectivity index (χ3v) is 6.80. The lowest BCUT2D eigenvalue weighted by molar-refractivity contribution is -0.137. The number of ether oxygens (including phenoxy) is 1. The van der Waals surface area contributed by atoms with Crippen LogP contribution in [0.4, 0.5) is 16.6 Å². The van der Waals surface area contributed by atoms with Gasteiger partial charge in [0.25, 0.3) is 0 Å². The number of anilines is 3. The Morgan fingerprint density at radius 3 is 2.94 bits per heavy atom. The van der Waals surface area contributed by atoms with Crippen LogP contribution in [0.3, 0.4) is 0 Å². The zero-order valence-electron chi connectivity index (χ0n) is 19.3. The number of methoxy groups -OCH3 is 1. The van der Waals surface area contributed by atoms with Crippen molar-refractivity contribution in [2.24, 2.45) is 0 Å². The lowest BCUT2D eigenvalue weighted by Gasteiger charge is -2.41. The summed E-state index contributed by atoms with van der Waals surface area (Å²) >= 11 is 1.49. The van der Waals surface area contributed by atoms with E-state index in [-0.39, 0.29) is 18.6 Å². The normalized spacial score (nSPS) is 16.3. The summed E-state index contributed by atoms with van der Waals surface area (Å²) < 4.78 is 5.01. The number of nitrogens with zero attached hydrogens (tertiary/aromatic N) is 6. The number of carbonyl (C=O) groups excluding carboxylic acids is 1. The molecule has 0 saturated carbocycles. The van der Waals surface area contributed by atoms with Crippen LogP contribution in [0.2, 0.25) is 0 Å². The number of hydrogen-bond acceptors (Lipinski definition) is 9. The largest absolute Gasteiger partial charge is 0.375 e. The number of carbonyl (C=O) groups is 1. The molecule has 0 radical (unpaired) electrons. The first-order chi connectivity index (χ1) is 16.5. The summed E-state index contributed by atoms with van der Waals surface area (Å²) in [4.78, 5) is 31.1. The molecule has 1 amide bonds. The van der Waals surface area contributed by atoms with Crippen molar-refractivity contribution in [3.8, 4) is 11.3 Å². The number of fused-ring (bicyclic) bond motifs is 1. The highest BCUT2D eigenvalue weighted by atomic mass is 32.1. The van der Waals surface area contributed by atoms with Crippen molar-refractivity contribution in [1.82, 2.24) is 30.0 Å². The van der Waals surface area contributed by atoms with Crippen molar-refractivity contribution < 1.29 is 9.53 Å². The number of nitrogens with one attached hydrogen (secondary N) is 2. The SMILES string of the molecule is COCC(=O)N1CCN(c2ccnc(Nc3nc4ccc(-c5cn[nH]c5C)nc4s3)c2)C[C@@H]1C. The fourth-order valence-corrected chi connectivity index (χ4v) is 5.04. The Morgan fingerprint density at radius 1 is 1.29 bits per heavy atom. The van der Waals surface area contributed by atoms with Gasteiger partial charge in [0.1, 0.15) is 22.8 Å². The minimum absolute atomic E-state index is 0.0299. The smallest absolute Gasteiger partial charge is 0.248 e. The van der Waals surface area contributed by atoms with Crippen molar-refractivity contribution >= 4 is 44.2 Å². The maximum Gasteiger partial charge on any atom is 0.248 e. The third-order valence-electron chi connectivity index (χ3n) is 5.92. The molecule has 0 aromatic carbocycles. The second kappa shape index (κ2) is 9.35. The van der Waals surface area contributed by atoms with Gasteiger partial charge in [-0.25, -0.2) is 15.0 Å². The molecule has 2 N–H and O–H groups in total. The van der Waals surface area contributed by atoms with E-state index in [2.05, 4.69) is 37.3 Å². The van der Waals surface area contributed by atoms with Crippen LogP contribution in [0.5, 0.6) is 0 Å². The Bertz CT molecular complexity index is 1320. The van der Waals surface area contributed by atoms with Gasteiger partial charge in [-0.1, -0.05) is 11.3 Å². The first-order valence-corrected chi connectivity index (χ1v) is 11.9. The number of aryl methyl sites for hydroxylation is 1. The van der Waals surface area contributed by atoms with E-state index in [9.17, 15) is 4.79 Å². The average Bonchev–Trinajstić information content (AvgIpc) is 3.44. The van der Waals surface area contributed by atoms with Crippen LogP contribution < -0.4 is 10.2 Å². The van der Waals surface area contributed by atoms with Gasteiger partial charge in [-0.15, -0.1) is 0 Å². The molecule has 0 unspecified atom stereocenters. The van der Waals surface area contributed by atoms with Gasteiger partial charge in [0.2, 0.25) is 5.91 Å². The van der Waals surface area contributed by atoms with Gasteiger partial charge < -0.3 is 19.9 Å². The predicted molar refractivity (Wildman–Crippen MR) is 133 cm³/mol. The quantitative estimate of drug-likeness (QED) is 0.434. The van der Waals surface area contributed by atoms with E-state index in [0.717, 1.165) is 51.2 Å². The molecule has 1 fully saturated rings. The standard InChI is InChI=1S/C23H26N8O2S/c1-14-12-30(8-9-31(14)21(32)13-33-3)16-6-7-24-20(10-16)28-23-27-19-5-4-18(26-22(19)34-23)17-11-25-29-15(17)2/h4-7,10-11,14H,8-9,12-13H2,1-3H3,(H,25,29)(H,24,27,28)/t14-/m0/s1. The van der Waals surface area contributed by atoms with Crippen LogP contribution in [0.1, 0.15) is 12.6 Å². The molecule has 1 aliphatic heterocycles. The molecule has 176 valence electrons. The summed E-state index contributed by atoms with van der Waals surface area (Å²) in [7, 11) is 1.55. The van der Waals surface area contributed by atoms with E-state index in [0.29, 0.717) is 12.4 Å². The Morgan fingerprint density at radius 2 is 2.18 bits per heavy atom. The molecule has 1 saturated heterocycles. The number of amides is 1. The van der Waals surface area contributed by atoms with Crippen LogP contribution in [0.15, 0.2) is 36.7 Å². The van der Waals surface area contributed by atoms with Crippen molar-refractivity contribution in [2.75, 3.05) is 43.6 Å². The summed E-state index contributed by atoms with van der Waals surface area (Å²) in [5.41, 5.74) is 4.72. The van der Waals surface area contributed by atoms with Gasteiger partial charge >= 0.3 is 0 Å². The van der Waals surface area contributed by atoms with Crippen molar-refractivity contribution in [3.05, 3.63) is 42.4 Å². The number of rotatable bonds is 6. The monoisotopic (exact) mass is 478 g/mol. The molecule has 4 aromatic heterocycles. The number of aromatic nitrogens is 5. The molecule has 11 heteroatoms. The number of thiazole rings is 1. The molecule has 1 aliphatic rings. The van der Waals surface area contributed by atoms with E-state index >= 15 is 0 Å². The number of hydrogen-bond donors (Lipinski definition) is 2. The molecule has 4 aromatic rings. The van der Waals surface area contributed by atoms with E-state index in [1.807, 2.05) is 36.1 Å². The number of piperazine rings is 1. The second-order valence-corrected chi connectivity index (χ2v) is 9.27. The number of pyridine rings is 2. The molecule has 1 atom stereocenters. The Kier molecular flexibility index (Phi) is 6.12. The molecule has 0 spiro atoms. The van der Waals surface area contributed by atoms with Gasteiger partial charge in [0.15, 0.2) is 5.13 Å². The highest BCUT2D eigenvalue weighted by Gasteiger charge is 2.27. The third kappa shape index (κ3) is 4.44. The summed E-state index contributed by atoms with van der Waals surface area (Å²) in [6, 6.07) is 8.04. The zero-order chi connectivity index (χ0) is 23.7. The molecule has 34 heavy (non-hydrogen) atoms. The van der Waals surface area contributed by atoms with Crippen molar-refractivity contribution in [3.63, 3.8) is 0 Å². The van der Waals surface area contributed by atoms with Gasteiger partial charge in [-0.2, -0.15) is 5.10 Å². The molecule has 0 bridgehead atoms. The minimum Gasteiger partial charge on any atom is -0.375 e. The molecule has 5 heterocycles. The summed E-state index contributed by atoms with van der Waals surface area (Å²) in [6.45, 7) is 6.33. The average molecular weight is 479 g/mol. The van der Waals surface area contributed by atoms with Crippen LogP contribution in [-0.4, -0.2) is 75.3 Å². The molecule has 10 nitrogen and oxygen atoms in total. The fourth-order valence-electron chi connectivity index (χ4n) is 4.19. The Labute approximate surface area is 201 Å². The van der Waals surface area contributed by atoms with Gasteiger partial charge in [0, 0.05) is 62.0 Å². The molecule has 5 rings (SSSR count). The lowest BCUT2D eigenvalue weighted by Crippen LogP contribution is -2.54. The second-order valence-electron chi connectivity index (χ2n) is 8.29. The van der Waals surface area contributed by atoms with Gasteiger partial charge in [-0.3, -0.25) is 9.89 Å². The van der Waals surface area contributed by atoms with Crippen molar-refractivity contribution in [2.45, 2.75) is 19.9 Å². The van der Waals surface area contributed by atoms with E-state index in [1.165, 1.54) is 11.3 Å². The van der Waals surface area contributed by atoms with Crippen LogP contribution in [0.25, 0.3) is 21.6 Å². The summed E-state index contributed by atoms with van der Waals surface area (Å²) in [5, 5.41) is 11.1. The maximum absolute atomic E-state index is 12.2. The van der Waals surface area contributed by atoms with E-state index in [1.54, 1.807) is 19.5 Å². The Hall–Kier alpha value is -3.57. The highest BCUT2D eigenvalue weighted by Crippen LogP contribution is 2.30. The summed E-state index contributed by atoms with van der Waals surface area (Å²) in [5.74, 6) is 0.746. The maximum atomic E-state index is 12.2. The topological polar surface area (TPSA) is 112 Å². The van der Waals surface area contributed by atoms with Crippen LogP contribution in [0, 0.1) is 6.92 Å². The Balaban J connectivity index is 1.30.